The van der Waals surface area contributed by atoms with Gasteiger partial charge in [0.1, 0.15) is 28.9 Å². The molecule has 0 spiro atoms. The van der Waals surface area contributed by atoms with Crippen LogP contribution in [0.25, 0.3) is 22.1 Å². The molecule has 0 fully saturated rings. The van der Waals surface area contributed by atoms with Crippen LogP contribution >= 0.6 is 11.3 Å². The van der Waals surface area contributed by atoms with E-state index in [0.29, 0.717) is 20.9 Å². The topological polar surface area (TPSA) is 123 Å². The maximum Gasteiger partial charge on any atom is 0.275 e. The van der Waals surface area contributed by atoms with Crippen molar-refractivity contribution >= 4 is 45.1 Å². The Morgan fingerprint density at radius 3 is 2.68 bits per heavy atom. The number of nitrogens with one attached hydrogen (secondary N) is 1. The third-order valence-electron chi connectivity index (χ3n) is 5.11. The van der Waals surface area contributed by atoms with Crippen molar-refractivity contribution in [2.75, 3.05) is 0 Å². The Bertz CT molecular complexity index is 1550. The monoisotopic (exact) mass is 474 g/mol. The van der Waals surface area contributed by atoms with Crippen LogP contribution in [0.3, 0.4) is 0 Å². The van der Waals surface area contributed by atoms with E-state index in [1.165, 1.54) is 40.8 Å². The van der Waals surface area contributed by atoms with E-state index in [4.69, 9.17) is 0 Å². The summed E-state index contributed by atoms with van der Waals surface area (Å²) in [6.45, 7) is 5.88. The number of aromatic nitrogens is 6. The molecule has 1 aromatic carbocycles. The van der Waals surface area contributed by atoms with Crippen molar-refractivity contribution in [3.63, 3.8) is 0 Å². The van der Waals surface area contributed by atoms with Crippen molar-refractivity contribution < 1.29 is 9.59 Å². The number of H-pyrrole nitrogens is 1. The zero-order valence-corrected chi connectivity index (χ0v) is 19.7. The minimum atomic E-state index is -0.298. The summed E-state index contributed by atoms with van der Waals surface area (Å²) >= 11 is 1.26. The second-order valence-electron chi connectivity index (χ2n) is 7.31. The number of para-hydroxylation sites is 2. The van der Waals surface area contributed by atoms with Gasteiger partial charge in [0.25, 0.3) is 5.91 Å². The largest absolute Gasteiger partial charge is 0.306 e. The van der Waals surface area contributed by atoms with E-state index >= 15 is 0 Å². The number of pyridine rings is 1. The number of hydrogen-bond acceptors (Lipinski definition) is 8. The quantitative estimate of drug-likeness (QED) is 0.378. The lowest BCUT2D eigenvalue weighted by Gasteiger charge is -2.08. The van der Waals surface area contributed by atoms with Crippen molar-refractivity contribution in [2.45, 2.75) is 33.1 Å². The highest BCUT2D eigenvalue weighted by atomic mass is 32.1. The first-order chi connectivity index (χ1) is 16.5. The van der Waals surface area contributed by atoms with Crippen molar-refractivity contribution in [3.05, 3.63) is 81.2 Å². The number of Topliss-reactive ketones (excluding diaryl/α,β-unsaturated/α-hetero) is 1. The molecule has 1 N–H and O–H groups in total. The van der Waals surface area contributed by atoms with Gasteiger partial charge in [0.15, 0.2) is 5.78 Å². The molecule has 4 aromatic heterocycles. The van der Waals surface area contributed by atoms with Gasteiger partial charge in [-0.3, -0.25) is 19.0 Å². The van der Waals surface area contributed by atoms with Gasteiger partial charge in [-0.1, -0.05) is 32.9 Å². The third-order valence-corrected chi connectivity index (χ3v) is 6.33. The van der Waals surface area contributed by atoms with Crippen molar-refractivity contribution in [1.82, 2.24) is 29.5 Å². The average molecular weight is 475 g/mol. The fourth-order valence-corrected chi connectivity index (χ4v) is 4.42. The number of nitrogens with zero attached hydrogens (tertiary/aromatic N) is 5. The van der Waals surface area contributed by atoms with Gasteiger partial charge in [-0.25, -0.2) is 19.9 Å². The summed E-state index contributed by atoms with van der Waals surface area (Å²) < 4.78 is 1.50. The normalized spacial score (nSPS) is 11.7. The summed E-state index contributed by atoms with van der Waals surface area (Å²) in [5.41, 5.74) is 1.73. The number of aromatic amines is 1. The van der Waals surface area contributed by atoms with Gasteiger partial charge < -0.3 is 4.98 Å². The molecule has 172 valence electrons. The van der Waals surface area contributed by atoms with Crippen LogP contribution in [-0.4, -0.2) is 41.2 Å². The maximum atomic E-state index is 13.0. The molecule has 0 aliphatic heterocycles. The molecule has 0 radical (unpaired) electrons. The molecule has 0 saturated heterocycles. The standard InChI is InChI=1S/C22H16N6O3S.C2H6/c1-12(8-16(29)19-13-6-7-18(30)27-20(13)25-10-24-19)21-23-9-17(32-21)22(31)28-11-26-14-4-2-3-5-15(14)28;1-2/h2-7,9-12H,8H2,1H3,(H,24,25,27,30);1-2H3/t12-;/m0./s1. The first kappa shape index (κ1) is 23.1. The van der Waals surface area contributed by atoms with E-state index in [1.54, 1.807) is 6.07 Å². The number of ketones is 1. The Balaban J connectivity index is 0.00000133. The number of imidazole rings is 1. The molecule has 0 aliphatic rings. The fourth-order valence-electron chi connectivity index (χ4n) is 3.51. The van der Waals surface area contributed by atoms with E-state index in [0.717, 1.165) is 11.0 Å². The SMILES string of the molecule is CC.C[C@@H](CC(=O)c1ncnc2[nH]c(=O)ccc12)c1ncc(C(=O)n2cnc3ccccc32)s1. The lowest BCUT2D eigenvalue weighted by Crippen LogP contribution is -2.11. The Kier molecular flexibility index (Phi) is 6.69. The molecule has 9 nitrogen and oxygen atoms in total. The summed E-state index contributed by atoms with van der Waals surface area (Å²) in [5.74, 6) is -0.631. The van der Waals surface area contributed by atoms with Gasteiger partial charge >= 0.3 is 0 Å². The van der Waals surface area contributed by atoms with Gasteiger partial charge in [-0.15, -0.1) is 11.3 Å². The maximum absolute atomic E-state index is 13.0. The fraction of sp³-hybridized carbons (Fsp3) is 0.208. The Morgan fingerprint density at radius 2 is 1.85 bits per heavy atom. The molecule has 5 rings (SSSR count). The number of rotatable bonds is 5. The van der Waals surface area contributed by atoms with Gasteiger partial charge in [-0.2, -0.15) is 0 Å². The first-order valence-electron chi connectivity index (χ1n) is 10.8. The Hall–Kier alpha value is -4.05. The van der Waals surface area contributed by atoms with Crippen LogP contribution in [-0.2, 0) is 0 Å². The van der Waals surface area contributed by atoms with E-state index < -0.39 is 0 Å². The molecule has 10 heteroatoms. The number of fused-ring (bicyclic) bond motifs is 2. The van der Waals surface area contributed by atoms with Crippen LogP contribution in [0.2, 0.25) is 0 Å². The Labute approximate surface area is 198 Å². The molecule has 34 heavy (non-hydrogen) atoms. The number of hydrogen-bond donors (Lipinski definition) is 1. The summed E-state index contributed by atoms with van der Waals surface area (Å²) in [6, 6.07) is 10.3. The predicted molar refractivity (Wildman–Crippen MR) is 130 cm³/mol. The van der Waals surface area contributed by atoms with Crippen molar-refractivity contribution in [2.24, 2.45) is 0 Å². The second kappa shape index (κ2) is 9.84. The highest BCUT2D eigenvalue weighted by Gasteiger charge is 2.22. The average Bonchev–Trinajstić information content (AvgIpc) is 3.52. The summed E-state index contributed by atoms with van der Waals surface area (Å²) in [7, 11) is 0. The predicted octanol–water partition coefficient (Wildman–Crippen LogP) is 4.22. The molecule has 0 amide bonds. The van der Waals surface area contributed by atoms with Crippen molar-refractivity contribution in [1.29, 1.82) is 0 Å². The number of carbonyl (C=O) groups is 2. The highest BCUT2D eigenvalue weighted by Crippen LogP contribution is 2.27. The second-order valence-corrected chi connectivity index (χ2v) is 8.37. The van der Waals surface area contributed by atoms with Crippen LogP contribution in [0.4, 0.5) is 0 Å². The minimum absolute atomic E-state index is 0.153. The zero-order valence-electron chi connectivity index (χ0n) is 18.8. The molecule has 0 saturated carbocycles. The molecule has 4 heterocycles. The van der Waals surface area contributed by atoms with Gasteiger partial charge in [0, 0.05) is 23.8 Å². The Morgan fingerprint density at radius 1 is 1.06 bits per heavy atom. The zero-order chi connectivity index (χ0) is 24.2. The number of thiazole rings is 1. The number of benzene rings is 1. The number of carbonyl (C=O) groups excluding carboxylic acids is 2. The van der Waals surface area contributed by atoms with E-state index in [9.17, 15) is 14.4 Å². The smallest absolute Gasteiger partial charge is 0.275 e. The van der Waals surface area contributed by atoms with Gasteiger partial charge in [-0.05, 0) is 18.2 Å². The summed E-state index contributed by atoms with van der Waals surface area (Å²) in [4.78, 5) is 57.2. The summed E-state index contributed by atoms with van der Waals surface area (Å²) in [5, 5.41) is 1.17. The molecule has 1 atom stereocenters. The molecule has 0 unspecified atom stereocenters. The lowest BCUT2D eigenvalue weighted by molar-refractivity contribution is 0.0962. The van der Waals surface area contributed by atoms with Gasteiger partial charge in [0.05, 0.1) is 22.2 Å². The highest BCUT2D eigenvalue weighted by molar-refractivity contribution is 7.13. The van der Waals surface area contributed by atoms with Crippen LogP contribution in [0, 0.1) is 0 Å². The van der Waals surface area contributed by atoms with Crippen LogP contribution < -0.4 is 5.56 Å². The molecule has 0 bridgehead atoms. The van der Waals surface area contributed by atoms with Gasteiger partial charge in [0.2, 0.25) is 5.56 Å². The molecule has 5 aromatic rings. The lowest BCUT2D eigenvalue weighted by atomic mass is 10.0. The van der Waals surface area contributed by atoms with Crippen LogP contribution in [0.15, 0.2) is 60.0 Å². The van der Waals surface area contributed by atoms with E-state index in [1.807, 2.05) is 45.0 Å². The molecule has 0 aliphatic carbocycles. The first-order valence-corrected chi connectivity index (χ1v) is 11.6. The van der Waals surface area contributed by atoms with E-state index in [2.05, 4.69) is 24.9 Å². The van der Waals surface area contributed by atoms with Crippen LogP contribution in [0.5, 0.6) is 0 Å². The van der Waals surface area contributed by atoms with Crippen molar-refractivity contribution in [3.8, 4) is 0 Å². The molecular weight excluding hydrogens is 452 g/mol. The van der Waals surface area contributed by atoms with Crippen LogP contribution in [0.1, 0.15) is 58.3 Å². The third kappa shape index (κ3) is 4.40. The molecular formula is C24H22N6O3S. The summed E-state index contributed by atoms with van der Waals surface area (Å²) in [6.07, 6.45) is 4.44. The minimum Gasteiger partial charge on any atom is -0.306 e. The van der Waals surface area contributed by atoms with E-state index in [-0.39, 0.29) is 35.3 Å².